The molecule has 4 heterocycles. The van der Waals surface area contributed by atoms with Crippen LogP contribution in [-0.4, -0.2) is 0 Å². The lowest BCUT2D eigenvalue weighted by Gasteiger charge is -2.21. The molecule has 0 bridgehead atoms. The normalized spacial score (nSPS) is 11.4. The number of benzene rings is 9. The van der Waals surface area contributed by atoms with Crippen molar-refractivity contribution < 1.29 is 0 Å². The highest BCUT2D eigenvalue weighted by Gasteiger charge is 2.22. The predicted octanol–water partition coefficient (Wildman–Crippen LogP) is 20.9. The Morgan fingerprint density at radius 3 is 1.03 bits per heavy atom. The van der Waals surface area contributed by atoms with Crippen LogP contribution in [0.15, 0.2) is 255 Å². The summed E-state index contributed by atoms with van der Waals surface area (Å²) in [4.78, 5) is 10.2. The summed E-state index contributed by atoms with van der Waals surface area (Å²) in [6.45, 7) is 0. The third-order valence-electron chi connectivity index (χ3n) is 13.3. The number of thiophene rings is 4. The Labute approximate surface area is 424 Å². The molecule has 0 aliphatic rings. The van der Waals surface area contributed by atoms with Gasteiger partial charge in [0.1, 0.15) is 0 Å². The Kier molecular flexibility index (Phi) is 11.1. The number of rotatable bonds is 10. The van der Waals surface area contributed by atoms with E-state index in [9.17, 15) is 0 Å². The van der Waals surface area contributed by atoms with E-state index < -0.39 is 0 Å². The molecule has 13 rings (SSSR count). The van der Waals surface area contributed by atoms with Crippen LogP contribution in [0.3, 0.4) is 0 Å². The van der Waals surface area contributed by atoms with Crippen molar-refractivity contribution in [1.29, 1.82) is 0 Å². The van der Waals surface area contributed by atoms with Crippen LogP contribution in [-0.2, 0) is 0 Å². The zero-order chi connectivity index (χ0) is 46.4. The van der Waals surface area contributed by atoms with E-state index in [4.69, 9.17) is 0 Å². The van der Waals surface area contributed by atoms with Crippen LogP contribution in [0.5, 0.6) is 0 Å². The Balaban J connectivity index is 1.03. The van der Waals surface area contributed by atoms with E-state index in [0.717, 1.165) is 0 Å². The van der Waals surface area contributed by atoms with Crippen LogP contribution >= 0.6 is 45.3 Å². The maximum Gasteiger partial charge on any atom is 0.0449 e. The zero-order valence-corrected chi connectivity index (χ0v) is 41.1. The Hall–Kier alpha value is -7.70. The molecule has 4 aromatic heterocycles. The summed E-state index contributed by atoms with van der Waals surface area (Å²) in [5.74, 6) is 0. The van der Waals surface area contributed by atoms with Crippen LogP contribution in [0.2, 0.25) is 0 Å². The summed E-state index contributed by atoms with van der Waals surface area (Å²) in [5, 5.41) is 4.95. The van der Waals surface area contributed by atoms with E-state index >= 15 is 0 Å². The maximum atomic E-state index is 2.47. The molecule has 0 fully saturated rings. The van der Waals surface area contributed by atoms with Crippen molar-refractivity contribution in [3.05, 3.63) is 255 Å². The molecule has 0 saturated heterocycles. The monoisotopic (exact) mass is 962 g/mol. The first kappa shape index (κ1) is 42.4. The molecule has 0 amide bonds. The van der Waals surface area contributed by atoms with E-state index in [1.54, 1.807) is 0 Å². The van der Waals surface area contributed by atoms with Crippen molar-refractivity contribution >= 4 is 66.9 Å². The Bertz CT molecular complexity index is 3980. The van der Waals surface area contributed by atoms with E-state index in [1.165, 1.54) is 127 Å². The Morgan fingerprint density at radius 1 is 0.171 bits per heavy atom. The predicted molar refractivity (Wildman–Crippen MR) is 307 cm³/mol. The van der Waals surface area contributed by atoms with Crippen LogP contribution in [0.25, 0.3) is 127 Å². The fraction of sp³-hybridized carbons (Fsp3) is 0. The second-order valence-electron chi connectivity index (χ2n) is 17.5. The van der Waals surface area contributed by atoms with Gasteiger partial charge in [-0.05, 0) is 155 Å². The summed E-state index contributed by atoms with van der Waals surface area (Å²) in [5.41, 5.74) is 14.7. The second-order valence-corrected chi connectivity index (χ2v) is 21.9. The van der Waals surface area contributed by atoms with E-state index in [1.807, 2.05) is 45.3 Å². The molecule has 0 atom stereocenters. The smallest absolute Gasteiger partial charge is 0.0449 e. The lowest BCUT2D eigenvalue weighted by atomic mass is 9.82. The topological polar surface area (TPSA) is 0 Å². The van der Waals surface area contributed by atoms with Gasteiger partial charge in [-0.15, -0.1) is 45.3 Å². The third-order valence-corrected chi connectivity index (χ3v) is 18.2. The molecule has 13 aromatic rings. The van der Waals surface area contributed by atoms with Gasteiger partial charge in [0, 0.05) is 39.0 Å². The molecule has 0 saturated carbocycles. The highest BCUT2D eigenvalue weighted by Crippen LogP contribution is 2.50. The minimum absolute atomic E-state index is 1.20. The molecule has 4 heteroatoms. The fourth-order valence-electron chi connectivity index (χ4n) is 9.90. The molecule has 0 spiro atoms. The average Bonchev–Trinajstić information content (AvgIpc) is 4.30. The highest BCUT2D eigenvalue weighted by molar-refractivity contribution is 7.25. The lowest BCUT2D eigenvalue weighted by molar-refractivity contribution is 1.60. The number of fused-ring (bicyclic) bond motifs is 2. The van der Waals surface area contributed by atoms with Crippen LogP contribution < -0.4 is 0 Å². The molecule has 0 aliphatic carbocycles. The SMILES string of the molecule is c1ccc(-c2cccc(-c3c4cc(-c5ccc(-c6ccc(-c7ccccc7)s6)s5)ccc4c(-c4ccccc4-c4ccccc4)c4cc(-c5ccc(-c6ccc(-c7ccccc7)s6)s5)ccc34)c2)cc1. The average molecular weight is 963 g/mol. The van der Waals surface area contributed by atoms with E-state index in [2.05, 4.69) is 255 Å². The molecule has 70 heavy (non-hydrogen) atoms. The van der Waals surface area contributed by atoms with Crippen molar-refractivity contribution in [2.45, 2.75) is 0 Å². The van der Waals surface area contributed by atoms with E-state index in [-0.39, 0.29) is 0 Å². The summed E-state index contributed by atoms with van der Waals surface area (Å²) in [7, 11) is 0. The van der Waals surface area contributed by atoms with Gasteiger partial charge in [0.25, 0.3) is 0 Å². The van der Waals surface area contributed by atoms with Gasteiger partial charge in [-0.1, -0.05) is 188 Å². The van der Waals surface area contributed by atoms with Gasteiger partial charge in [0.15, 0.2) is 0 Å². The van der Waals surface area contributed by atoms with Crippen LogP contribution in [0.4, 0.5) is 0 Å². The molecular weight excluding hydrogens is 921 g/mol. The van der Waals surface area contributed by atoms with Gasteiger partial charge >= 0.3 is 0 Å². The highest BCUT2D eigenvalue weighted by atomic mass is 32.1. The van der Waals surface area contributed by atoms with Gasteiger partial charge in [0.05, 0.1) is 0 Å². The molecule has 0 aliphatic heterocycles. The zero-order valence-electron chi connectivity index (χ0n) is 37.9. The lowest BCUT2D eigenvalue weighted by Crippen LogP contribution is -1.94. The molecule has 0 nitrogen and oxygen atoms in total. The molecule has 0 radical (unpaired) electrons. The quantitative estimate of drug-likeness (QED) is 0.120. The molecule has 0 N–H and O–H groups in total. The van der Waals surface area contributed by atoms with Crippen molar-refractivity contribution in [3.8, 4) is 106 Å². The first-order valence-corrected chi connectivity index (χ1v) is 26.8. The van der Waals surface area contributed by atoms with Crippen molar-refractivity contribution in [3.63, 3.8) is 0 Å². The maximum absolute atomic E-state index is 2.47. The second kappa shape index (κ2) is 18.3. The summed E-state index contributed by atoms with van der Waals surface area (Å²) in [6, 6.07) is 93.9. The first-order chi connectivity index (χ1) is 34.7. The molecule has 330 valence electrons. The van der Waals surface area contributed by atoms with Gasteiger partial charge < -0.3 is 0 Å². The van der Waals surface area contributed by atoms with Crippen LogP contribution in [0.1, 0.15) is 0 Å². The number of hydrogen-bond acceptors (Lipinski definition) is 4. The Morgan fingerprint density at radius 2 is 0.529 bits per heavy atom. The van der Waals surface area contributed by atoms with Crippen molar-refractivity contribution in [2.24, 2.45) is 0 Å². The molecular formula is C66H42S4. The van der Waals surface area contributed by atoms with Gasteiger partial charge in [-0.3, -0.25) is 0 Å². The standard InChI is InChI=1S/C66H42S4/c1-5-16-43(17-6-1)47-24-15-25-50(40-47)65-53-30-28-49(60-35-39-64(70-60)62-37-33-58(68-62)46-22-11-4-12-23-46)42-56(53)66(52-27-14-13-26-51(52)44-18-7-2-8-19-44)54-31-29-48(41-55(54)65)59-34-38-63(69-59)61-36-32-57(67-61)45-20-9-3-10-21-45/h1-42H. The minimum Gasteiger partial charge on any atom is -0.134 e. The number of hydrogen-bond donors (Lipinski definition) is 0. The van der Waals surface area contributed by atoms with Crippen molar-refractivity contribution in [2.75, 3.05) is 0 Å². The first-order valence-electron chi connectivity index (χ1n) is 23.5. The minimum atomic E-state index is 1.20. The van der Waals surface area contributed by atoms with Gasteiger partial charge in [0.2, 0.25) is 0 Å². The molecule has 0 unspecified atom stereocenters. The summed E-state index contributed by atoms with van der Waals surface area (Å²) in [6.07, 6.45) is 0. The van der Waals surface area contributed by atoms with Gasteiger partial charge in [-0.25, -0.2) is 0 Å². The summed E-state index contributed by atoms with van der Waals surface area (Å²) < 4.78 is 0. The van der Waals surface area contributed by atoms with Gasteiger partial charge in [-0.2, -0.15) is 0 Å². The molecule has 9 aromatic carbocycles. The van der Waals surface area contributed by atoms with E-state index in [0.29, 0.717) is 0 Å². The summed E-state index contributed by atoms with van der Waals surface area (Å²) >= 11 is 7.47. The van der Waals surface area contributed by atoms with Crippen LogP contribution in [0, 0.1) is 0 Å². The largest absolute Gasteiger partial charge is 0.134 e. The third kappa shape index (κ3) is 7.95. The van der Waals surface area contributed by atoms with Crippen molar-refractivity contribution in [1.82, 2.24) is 0 Å². The fourth-order valence-corrected chi connectivity index (χ4v) is 14.1.